The van der Waals surface area contributed by atoms with Gasteiger partial charge >= 0.3 is 11.9 Å². The van der Waals surface area contributed by atoms with E-state index in [9.17, 15) is 24.3 Å². The van der Waals surface area contributed by atoms with Gasteiger partial charge in [0.15, 0.2) is 5.79 Å². The van der Waals surface area contributed by atoms with Gasteiger partial charge in [-0.05, 0) is 106 Å². The van der Waals surface area contributed by atoms with Crippen LogP contribution in [0.1, 0.15) is 82.5 Å². The normalized spacial score (nSPS) is 24.6. The van der Waals surface area contributed by atoms with Gasteiger partial charge in [0.25, 0.3) is 0 Å². The first kappa shape index (κ1) is 33.8. The molecule has 5 rings (SSSR count). The molecule has 4 unspecified atom stereocenters. The van der Waals surface area contributed by atoms with E-state index in [-0.39, 0.29) is 50.6 Å². The average Bonchev–Trinajstić information content (AvgIpc) is 3.91. The minimum atomic E-state index is -0.717. The molecular formula is C33H43IN2O9. The van der Waals surface area contributed by atoms with Crippen LogP contribution in [0.3, 0.4) is 0 Å². The number of nitrogens with one attached hydrogen (secondary N) is 2. The molecule has 1 aromatic rings. The van der Waals surface area contributed by atoms with Crippen molar-refractivity contribution in [3.8, 4) is 0 Å². The largest absolute Gasteiger partial charge is 0.460 e. The molecule has 1 heterocycles. The zero-order valence-corrected chi connectivity index (χ0v) is 28.2. The molecule has 246 valence electrons. The van der Waals surface area contributed by atoms with Crippen molar-refractivity contribution in [1.29, 1.82) is 0 Å². The Kier molecular flexibility index (Phi) is 10.6. The standard InChI is InChI=1S/C33H43IN2O9/c1-32(2,3)44-28(39)13-12-24(18-37)36-27(38)14-15-35-30(40)20-16-25(42-31(41)19-4-10-23(34)11-5-19)29-26(17-20)43-33(45-29,21-6-7-21)22-8-9-22/h4-5,10-11,17,21-22,24-26,29,37H,6-9,12-16,18H2,1-3H3,(H,35,40)(H,36,38). The maximum Gasteiger partial charge on any atom is 0.338 e. The van der Waals surface area contributed by atoms with Gasteiger partial charge in [0.2, 0.25) is 11.8 Å². The number of carbonyl (C=O) groups is 4. The Balaban J connectivity index is 1.17. The molecule has 1 saturated heterocycles. The first-order valence-electron chi connectivity index (χ1n) is 15.8. The molecule has 2 saturated carbocycles. The summed E-state index contributed by atoms with van der Waals surface area (Å²) in [6.45, 7) is 5.04. The quantitative estimate of drug-likeness (QED) is 0.204. The third kappa shape index (κ3) is 8.83. The van der Waals surface area contributed by atoms with Crippen LogP contribution in [-0.2, 0) is 33.3 Å². The van der Waals surface area contributed by atoms with Crippen LogP contribution in [0.4, 0.5) is 0 Å². The van der Waals surface area contributed by atoms with Gasteiger partial charge in [-0.25, -0.2) is 4.79 Å². The molecule has 45 heavy (non-hydrogen) atoms. The van der Waals surface area contributed by atoms with Crippen molar-refractivity contribution in [2.75, 3.05) is 13.2 Å². The van der Waals surface area contributed by atoms with Gasteiger partial charge in [-0.1, -0.05) is 0 Å². The molecule has 3 fully saturated rings. The number of amides is 2. The molecule has 3 N–H and O–H groups in total. The van der Waals surface area contributed by atoms with E-state index < -0.39 is 47.7 Å². The lowest BCUT2D eigenvalue weighted by Gasteiger charge is -2.31. The lowest BCUT2D eigenvalue weighted by molar-refractivity contribution is -0.209. The summed E-state index contributed by atoms with van der Waals surface area (Å²) in [5, 5.41) is 15.2. The second-order valence-electron chi connectivity index (χ2n) is 13.4. The van der Waals surface area contributed by atoms with Crippen molar-refractivity contribution >= 4 is 46.3 Å². The number of benzene rings is 1. The highest BCUT2D eigenvalue weighted by atomic mass is 127. The topological polar surface area (TPSA) is 149 Å². The number of rotatable bonds is 13. The van der Waals surface area contributed by atoms with Crippen LogP contribution >= 0.6 is 22.6 Å². The van der Waals surface area contributed by atoms with Crippen molar-refractivity contribution in [2.24, 2.45) is 11.8 Å². The Morgan fingerprint density at radius 2 is 1.71 bits per heavy atom. The van der Waals surface area contributed by atoms with Gasteiger partial charge in [0, 0.05) is 46.8 Å². The highest BCUT2D eigenvalue weighted by Crippen LogP contribution is 2.59. The van der Waals surface area contributed by atoms with Crippen molar-refractivity contribution in [3.63, 3.8) is 0 Å². The highest BCUT2D eigenvalue weighted by Gasteiger charge is 2.64. The molecule has 4 atom stereocenters. The van der Waals surface area contributed by atoms with Gasteiger partial charge in [0.05, 0.1) is 18.2 Å². The lowest BCUT2D eigenvalue weighted by atomic mass is 9.91. The van der Waals surface area contributed by atoms with E-state index >= 15 is 0 Å². The van der Waals surface area contributed by atoms with Crippen molar-refractivity contribution in [1.82, 2.24) is 10.6 Å². The molecule has 0 spiro atoms. The Morgan fingerprint density at radius 3 is 2.31 bits per heavy atom. The van der Waals surface area contributed by atoms with Crippen LogP contribution < -0.4 is 10.6 Å². The van der Waals surface area contributed by atoms with Gasteiger partial charge in [0.1, 0.15) is 23.9 Å². The van der Waals surface area contributed by atoms with Gasteiger partial charge in [-0.2, -0.15) is 0 Å². The number of carbonyl (C=O) groups excluding carboxylic acids is 4. The van der Waals surface area contributed by atoms with Crippen LogP contribution in [0.15, 0.2) is 35.9 Å². The number of ether oxygens (including phenoxy) is 4. The predicted octanol–water partition coefficient (Wildman–Crippen LogP) is 3.55. The van der Waals surface area contributed by atoms with Crippen molar-refractivity contribution in [3.05, 3.63) is 45.0 Å². The second-order valence-corrected chi connectivity index (χ2v) is 14.6. The van der Waals surface area contributed by atoms with E-state index in [0.29, 0.717) is 23.0 Å². The maximum absolute atomic E-state index is 13.3. The summed E-state index contributed by atoms with van der Waals surface area (Å²) in [5.41, 5.74) is 0.216. The molecule has 2 amide bonds. The van der Waals surface area contributed by atoms with E-state index in [4.69, 9.17) is 18.9 Å². The van der Waals surface area contributed by atoms with Gasteiger partial charge in [-0.3, -0.25) is 14.4 Å². The maximum atomic E-state index is 13.3. The molecule has 4 aliphatic rings. The van der Waals surface area contributed by atoms with Gasteiger partial charge < -0.3 is 34.7 Å². The summed E-state index contributed by atoms with van der Waals surface area (Å²) in [6.07, 6.45) is 4.54. The fourth-order valence-electron chi connectivity index (χ4n) is 5.96. The summed E-state index contributed by atoms with van der Waals surface area (Å²) >= 11 is 2.17. The summed E-state index contributed by atoms with van der Waals surface area (Å²) in [4.78, 5) is 50.9. The van der Waals surface area contributed by atoms with Crippen LogP contribution in [0, 0.1) is 15.4 Å². The molecule has 0 bridgehead atoms. The zero-order valence-electron chi connectivity index (χ0n) is 26.0. The van der Waals surface area contributed by atoms with E-state index in [1.54, 1.807) is 39.0 Å². The summed E-state index contributed by atoms with van der Waals surface area (Å²) in [5.74, 6) is -1.73. The lowest BCUT2D eigenvalue weighted by Crippen LogP contribution is -2.44. The Hall–Kier alpha value is -2.55. The molecule has 1 aliphatic heterocycles. The zero-order chi connectivity index (χ0) is 32.4. The van der Waals surface area contributed by atoms with Crippen LogP contribution in [-0.4, -0.2) is 77.8 Å². The van der Waals surface area contributed by atoms with Crippen molar-refractivity contribution < 1.29 is 43.2 Å². The van der Waals surface area contributed by atoms with Crippen molar-refractivity contribution in [2.45, 2.75) is 108 Å². The smallest absolute Gasteiger partial charge is 0.338 e. The molecular weight excluding hydrogens is 695 g/mol. The number of halogens is 1. The van der Waals surface area contributed by atoms with Gasteiger partial charge in [-0.15, -0.1) is 0 Å². The monoisotopic (exact) mass is 738 g/mol. The van der Waals surface area contributed by atoms with Crippen LogP contribution in [0.5, 0.6) is 0 Å². The summed E-state index contributed by atoms with van der Waals surface area (Å²) < 4.78 is 25.5. The SMILES string of the molecule is CC(C)(C)OC(=O)CCC(CO)NC(=O)CCNC(=O)C1=CC2OC(C3CC3)(C3CC3)OC2C(OC(=O)c2ccc(I)cc2)C1. The first-order chi connectivity index (χ1) is 21.4. The molecule has 0 radical (unpaired) electrons. The number of aliphatic hydroxyl groups excluding tert-OH is 1. The van der Waals surface area contributed by atoms with Crippen LogP contribution in [0.25, 0.3) is 0 Å². The van der Waals surface area contributed by atoms with E-state index in [1.165, 1.54) is 0 Å². The molecule has 11 nitrogen and oxygen atoms in total. The number of fused-ring (bicyclic) bond motifs is 1. The minimum absolute atomic E-state index is 0.0225. The van der Waals surface area contributed by atoms with E-state index in [0.717, 1.165) is 29.3 Å². The third-order valence-electron chi connectivity index (χ3n) is 8.38. The minimum Gasteiger partial charge on any atom is -0.460 e. The number of hydrogen-bond acceptors (Lipinski definition) is 9. The highest BCUT2D eigenvalue weighted by molar-refractivity contribution is 14.1. The number of aliphatic hydroxyl groups is 1. The number of hydrogen-bond donors (Lipinski definition) is 3. The Bertz CT molecular complexity index is 1290. The molecule has 12 heteroatoms. The predicted molar refractivity (Wildman–Crippen MR) is 171 cm³/mol. The third-order valence-corrected chi connectivity index (χ3v) is 9.10. The fourth-order valence-corrected chi connectivity index (χ4v) is 6.32. The number of esters is 2. The summed E-state index contributed by atoms with van der Waals surface area (Å²) in [6, 6.07) is 6.48. The van der Waals surface area contributed by atoms with E-state index in [1.807, 2.05) is 12.1 Å². The summed E-state index contributed by atoms with van der Waals surface area (Å²) in [7, 11) is 0. The molecule has 1 aromatic carbocycles. The van der Waals surface area contributed by atoms with E-state index in [2.05, 4.69) is 33.2 Å². The average molecular weight is 739 g/mol. The second kappa shape index (κ2) is 14.1. The Labute approximate surface area is 277 Å². The van der Waals surface area contributed by atoms with Crippen LogP contribution in [0.2, 0.25) is 0 Å². The first-order valence-corrected chi connectivity index (χ1v) is 16.9. The molecule has 3 aliphatic carbocycles. The molecule has 0 aromatic heterocycles. The Morgan fingerprint density at radius 1 is 1.04 bits per heavy atom. The fraction of sp³-hybridized carbons (Fsp3) is 0.636.